The average molecular weight is 456 g/mol. The van der Waals surface area contributed by atoms with Gasteiger partial charge in [0.2, 0.25) is 5.54 Å². The zero-order valence-corrected chi connectivity index (χ0v) is 18.0. The van der Waals surface area contributed by atoms with Crippen LogP contribution in [-0.4, -0.2) is 44.6 Å². The van der Waals surface area contributed by atoms with Crippen molar-refractivity contribution in [1.82, 2.24) is 4.90 Å². The van der Waals surface area contributed by atoms with Crippen molar-refractivity contribution in [2.24, 2.45) is 15.9 Å². The fraction of sp³-hybridized carbons (Fsp3) is 0.381. The van der Waals surface area contributed by atoms with E-state index in [2.05, 4.69) is 14.9 Å². The fourth-order valence-corrected chi connectivity index (χ4v) is 3.08. The van der Waals surface area contributed by atoms with Crippen LogP contribution >= 0.6 is 0 Å². The number of rotatable bonds is 10. The van der Waals surface area contributed by atoms with Crippen molar-refractivity contribution in [1.29, 1.82) is 0 Å². The Hall–Kier alpha value is -3.21. The van der Waals surface area contributed by atoms with E-state index in [0.717, 1.165) is 24.3 Å². The van der Waals surface area contributed by atoms with E-state index < -0.39 is 18.2 Å². The molecule has 2 rings (SSSR count). The lowest BCUT2D eigenvalue weighted by Gasteiger charge is -2.33. The van der Waals surface area contributed by atoms with Gasteiger partial charge in [0.15, 0.2) is 0 Å². The topological polar surface area (TPSA) is 89.5 Å². The highest BCUT2D eigenvalue weighted by atomic mass is 19.3. The maximum absolute atomic E-state index is 14.8. The van der Waals surface area contributed by atoms with Crippen molar-refractivity contribution in [3.05, 3.63) is 58.0 Å². The third-order valence-corrected chi connectivity index (χ3v) is 4.92. The van der Waals surface area contributed by atoms with Crippen LogP contribution < -0.4 is 15.2 Å². The largest absolute Gasteiger partial charge is 0.496 e. The van der Waals surface area contributed by atoms with E-state index in [1.54, 1.807) is 18.2 Å². The van der Waals surface area contributed by atoms with Crippen molar-refractivity contribution in [2.75, 3.05) is 20.7 Å². The lowest BCUT2D eigenvalue weighted by molar-refractivity contribution is -0.0561. The van der Waals surface area contributed by atoms with E-state index in [4.69, 9.17) is 10.5 Å². The summed E-state index contributed by atoms with van der Waals surface area (Å²) in [6.45, 7) is 1.13. The molecular weight excluding hydrogens is 432 g/mol. The molecule has 0 aliphatic heterocycles. The molecule has 0 radical (unpaired) electrons. The summed E-state index contributed by atoms with van der Waals surface area (Å²) in [5, 5.41) is 2.75. The summed E-state index contributed by atoms with van der Waals surface area (Å²) in [5.74, 6) is -0.378. The fourth-order valence-electron chi connectivity index (χ4n) is 3.08. The Labute approximate surface area is 182 Å². The number of methoxy groups -OCH3 is 1. The Morgan fingerprint density at radius 2 is 1.84 bits per heavy atom. The van der Waals surface area contributed by atoms with Gasteiger partial charge in [-0.3, -0.25) is 5.73 Å². The van der Waals surface area contributed by atoms with Gasteiger partial charge in [0.05, 0.1) is 19.1 Å². The van der Waals surface area contributed by atoms with Crippen molar-refractivity contribution in [2.45, 2.75) is 32.0 Å². The second-order valence-electron chi connectivity index (χ2n) is 6.98. The predicted molar refractivity (Wildman–Crippen MR) is 113 cm³/mol. The number of ether oxygens (including phenoxy) is 2. The highest BCUT2D eigenvalue weighted by Gasteiger charge is 2.57. The van der Waals surface area contributed by atoms with Gasteiger partial charge in [-0.25, -0.2) is 4.99 Å². The van der Waals surface area contributed by atoms with Crippen LogP contribution in [0.15, 0.2) is 46.6 Å². The number of nitrogens with two attached hydrogens (primary N) is 1. The lowest BCUT2D eigenvalue weighted by Crippen LogP contribution is -2.51. The van der Waals surface area contributed by atoms with Crippen LogP contribution in [0.5, 0.6) is 11.5 Å². The van der Waals surface area contributed by atoms with E-state index in [-0.39, 0.29) is 22.6 Å². The highest BCUT2D eigenvalue weighted by molar-refractivity contribution is 5.66. The molecule has 0 saturated carbocycles. The first-order valence-electron chi connectivity index (χ1n) is 9.50. The molecule has 1 unspecified atom stereocenters. The van der Waals surface area contributed by atoms with Crippen LogP contribution in [0.2, 0.25) is 0 Å². The number of hydrogen-bond acceptors (Lipinski definition) is 6. The molecule has 2 aromatic rings. The molecular formula is C21H24F4N4O3. The van der Waals surface area contributed by atoms with Gasteiger partial charge in [0.25, 0.3) is 0 Å². The highest BCUT2D eigenvalue weighted by Crippen LogP contribution is 2.49. The number of halogens is 4. The average Bonchev–Trinajstić information content (AvgIpc) is 2.73. The van der Waals surface area contributed by atoms with E-state index in [1.807, 2.05) is 14.0 Å². The van der Waals surface area contributed by atoms with Crippen molar-refractivity contribution in [3.8, 4) is 11.5 Å². The molecule has 0 aliphatic rings. The van der Waals surface area contributed by atoms with Crippen LogP contribution in [0.4, 0.5) is 23.2 Å². The Balaban J connectivity index is 2.72. The molecule has 0 spiro atoms. The van der Waals surface area contributed by atoms with Gasteiger partial charge in [0.1, 0.15) is 11.5 Å². The minimum Gasteiger partial charge on any atom is -0.496 e. The number of benzene rings is 2. The molecule has 2 aromatic carbocycles. The molecule has 0 aromatic heterocycles. The Bertz CT molecular complexity index is 965. The summed E-state index contributed by atoms with van der Waals surface area (Å²) >= 11 is 0. The third-order valence-electron chi connectivity index (χ3n) is 4.92. The van der Waals surface area contributed by atoms with E-state index >= 15 is 0 Å². The molecule has 0 heterocycles. The monoisotopic (exact) mass is 456 g/mol. The van der Waals surface area contributed by atoms with Crippen LogP contribution in [-0.2, 0) is 5.54 Å². The number of aryl methyl sites for hydroxylation is 1. The van der Waals surface area contributed by atoms with E-state index in [9.17, 15) is 22.5 Å². The van der Waals surface area contributed by atoms with Gasteiger partial charge in [-0.15, -0.1) is 4.91 Å². The minimum absolute atomic E-state index is 0.0977. The SMILES string of the molecule is CCN(C)/C=N/c1cc(OC)c(C(N=O)(c2ccc(OC(F)F)cc2)C(N)(F)F)cc1C. The number of aliphatic imine (C=N–C) groups is 1. The van der Waals surface area contributed by atoms with Crippen LogP contribution in [0.3, 0.4) is 0 Å². The molecule has 7 nitrogen and oxygen atoms in total. The van der Waals surface area contributed by atoms with Crippen LogP contribution in [0.1, 0.15) is 23.6 Å². The third kappa shape index (κ3) is 4.98. The van der Waals surface area contributed by atoms with Crippen LogP contribution in [0, 0.1) is 11.8 Å². The second-order valence-corrected chi connectivity index (χ2v) is 6.98. The smallest absolute Gasteiger partial charge is 0.387 e. The summed E-state index contributed by atoms with van der Waals surface area (Å²) in [5.41, 5.74) is 2.50. The maximum atomic E-state index is 14.8. The Kier molecular flexibility index (Phi) is 7.78. The molecule has 11 heteroatoms. The zero-order chi connectivity index (χ0) is 24.1. The molecule has 0 amide bonds. The Morgan fingerprint density at radius 3 is 2.31 bits per heavy atom. The normalized spacial score (nSPS) is 13.8. The van der Waals surface area contributed by atoms with E-state index in [0.29, 0.717) is 17.8 Å². The molecule has 0 saturated heterocycles. The molecule has 174 valence electrons. The second kappa shape index (κ2) is 9.94. The lowest BCUT2D eigenvalue weighted by atomic mass is 9.80. The maximum Gasteiger partial charge on any atom is 0.387 e. The summed E-state index contributed by atoms with van der Waals surface area (Å²) in [7, 11) is 3.05. The molecule has 0 fully saturated rings. The summed E-state index contributed by atoms with van der Waals surface area (Å²) < 4.78 is 64.0. The molecule has 2 N–H and O–H groups in total. The number of nitrogens with zero attached hydrogens (tertiary/aromatic N) is 3. The van der Waals surface area contributed by atoms with Gasteiger partial charge in [-0.05, 0) is 48.4 Å². The molecule has 1 atom stereocenters. The molecule has 0 aliphatic carbocycles. The molecule has 32 heavy (non-hydrogen) atoms. The predicted octanol–water partition coefficient (Wildman–Crippen LogP) is 4.78. The number of alkyl halides is 4. The van der Waals surface area contributed by atoms with Gasteiger partial charge in [0, 0.05) is 25.2 Å². The summed E-state index contributed by atoms with van der Waals surface area (Å²) in [4.78, 5) is 18.1. The molecule has 0 bridgehead atoms. The zero-order valence-electron chi connectivity index (χ0n) is 18.0. The Morgan fingerprint density at radius 1 is 1.22 bits per heavy atom. The van der Waals surface area contributed by atoms with Crippen LogP contribution in [0.25, 0.3) is 0 Å². The standard InChI is InChI=1S/C21H24F4N4O3/c1-5-29(3)12-27-17-11-18(31-4)16(10-13(17)2)20(28-30,21(24,25)26)14-6-8-15(9-7-14)32-19(22)23/h6-12,19H,5,26H2,1-4H3/b27-12+. The summed E-state index contributed by atoms with van der Waals surface area (Å²) in [6, 6.07) is 2.60. The first-order valence-corrected chi connectivity index (χ1v) is 9.50. The van der Waals surface area contributed by atoms with Crippen molar-refractivity contribution >= 4 is 12.0 Å². The van der Waals surface area contributed by atoms with Crippen molar-refractivity contribution in [3.63, 3.8) is 0 Å². The van der Waals surface area contributed by atoms with Gasteiger partial charge < -0.3 is 14.4 Å². The van der Waals surface area contributed by atoms with Crippen molar-refractivity contribution < 1.29 is 27.0 Å². The van der Waals surface area contributed by atoms with E-state index in [1.165, 1.54) is 19.2 Å². The first kappa shape index (κ1) is 25.1. The van der Waals surface area contributed by atoms with Gasteiger partial charge >= 0.3 is 12.7 Å². The quantitative estimate of drug-likeness (QED) is 0.183. The number of nitroso groups, excluding NO2 is 1. The van der Waals surface area contributed by atoms with Gasteiger partial charge in [-0.1, -0.05) is 12.1 Å². The first-order chi connectivity index (χ1) is 15.0. The minimum atomic E-state index is -4.17. The van der Waals surface area contributed by atoms with Gasteiger partial charge in [-0.2, -0.15) is 17.6 Å². The summed E-state index contributed by atoms with van der Waals surface area (Å²) in [6.07, 6.45) is 1.56. The number of hydrogen-bond donors (Lipinski definition) is 1.